The average Bonchev–Trinajstić information content (AvgIpc) is 3.04. The van der Waals surface area contributed by atoms with Gasteiger partial charge in [0, 0.05) is 23.9 Å². The van der Waals surface area contributed by atoms with Crippen LogP contribution in [0.4, 0.5) is 5.82 Å². The summed E-state index contributed by atoms with van der Waals surface area (Å²) < 4.78 is 5.31. The number of piperidine rings is 1. The predicted molar refractivity (Wildman–Crippen MR) is 114 cm³/mol. The second-order valence-electron chi connectivity index (χ2n) is 8.63. The van der Waals surface area contributed by atoms with Crippen LogP contribution in [-0.4, -0.2) is 35.6 Å². The highest BCUT2D eigenvalue weighted by Gasteiger charge is 2.31. The SMILES string of the molecule is CCOC(=O)[C@@H]1CCCN(c2nc(C(C)C)nc3sc4c(c23)CC[C@@H](C)C4)C1. The number of aromatic nitrogens is 2. The summed E-state index contributed by atoms with van der Waals surface area (Å²) in [7, 11) is 0. The van der Waals surface area contributed by atoms with Crippen molar-refractivity contribution in [3.05, 3.63) is 16.3 Å². The Morgan fingerprint density at radius 2 is 2.14 bits per heavy atom. The lowest BCUT2D eigenvalue weighted by atomic mass is 9.89. The molecule has 6 heteroatoms. The molecule has 2 atom stereocenters. The quantitative estimate of drug-likeness (QED) is 0.694. The average molecular weight is 402 g/mol. The molecule has 0 saturated carbocycles. The minimum absolute atomic E-state index is 0.0595. The van der Waals surface area contributed by atoms with Gasteiger partial charge < -0.3 is 9.64 Å². The van der Waals surface area contributed by atoms with Crippen LogP contribution in [0, 0.1) is 11.8 Å². The molecule has 0 unspecified atom stereocenters. The van der Waals surface area contributed by atoms with E-state index in [1.54, 1.807) is 0 Å². The number of hydrogen-bond donors (Lipinski definition) is 0. The molecule has 0 radical (unpaired) electrons. The summed E-state index contributed by atoms with van der Waals surface area (Å²) in [6.45, 7) is 10.6. The Kier molecular flexibility index (Phi) is 5.59. The smallest absolute Gasteiger partial charge is 0.310 e. The minimum atomic E-state index is -0.0669. The van der Waals surface area contributed by atoms with Crippen molar-refractivity contribution < 1.29 is 9.53 Å². The zero-order valence-electron chi connectivity index (χ0n) is 17.5. The molecule has 4 rings (SSSR count). The van der Waals surface area contributed by atoms with Crippen molar-refractivity contribution in [2.24, 2.45) is 11.8 Å². The lowest BCUT2D eigenvalue weighted by molar-refractivity contribution is -0.148. The lowest BCUT2D eigenvalue weighted by Crippen LogP contribution is -2.40. The summed E-state index contributed by atoms with van der Waals surface area (Å²) in [5.74, 6) is 2.86. The minimum Gasteiger partial charge on any atom is -0.466 e. The van der Waals surface area contributed by atoms with Crippen LogP contribution in [0.1, 0.15) is 69.1 Å². The topological polar surface area (TPSA) is 55.3 Å². The molecular weight excluding hydrogens is 370 g/mol. The van der Waals surface area contributed by atoms with Gasteiger partial charge in [-0.05, 0) is 50.5 Å². The fraction of sp³-hybridized carbons (Fsp3) is 0.682. The first-order chi connectivity index (χ1) is 13.5. The number of nitrogens with zero attached hydrogens (tertiary/aromatic N) is 3. The van der Waals surface area contributed by atoms with Crippen molar-refractivity contribution in [2.45, 2.75) is 65.7 Å². The number of carbonyl (C=O) groups excluding carboxylic acids is 1. The molecule has 0 bridgehead atoms. The Hall–Kier alpha value is -1.69. The van der Waals surface area contributed by atoms with E-state index in [-0.39, 0.29) is 17.8 Å². The molecule has 5 nitrogen and oxygen atoms in total. The number of ether oxygens (including phenoxy) is 1. The van der Waals surface area contributed by atoms with Crippen molar-refractivity contribution >= 4 is 33.3 Å². The Morgan fingerprint density at radius 3 is 2.89 bits per heavy atom. The van der Waals surface area contributed by atoms with Crippen LogP contribution in [0.15, 0.2) is 0 Å². The molecule has 0 N–H and O–H groups in total. The molecule has 0 amide bonds. The number of hydrogen-bond acceptors (Lipinski definition) is 6. The second kappa shape index (κ2) is 7.97. The van der Waals surface area contributed by atoms with Gasteiger partial charge in [0.1, 0.15) is 16.5 Å². The van der Waals surface area contributed by atoms with Crippen LogP contribution in [0.3, 0.4) is 0 Å². The van der Waals surface area contributed by atoms with Crippen molar-refractivity contribution in [3.8, 4) is 0 Å². The molecule has 1 fully saturated rings. The van der Waals surface area contributed by atoms with Crippen molar-refractivity contribution in [3.63, 3.8) is 0 Å². The van der Waals surface area contributed by atoms with Crippen molar-refractivity contribution in [1.82, 2.24) is 9.97 Å². The maximum absolute atomic E-state index is 12.4. The number of anilines is 1. The predicted octanol–water partition coefficient (Wildman–Crippen LogP) is 4.72. The third-order valence-electron chi connectivity index (χ3n) is 6.01. The number of aryl methyl sites for hydroxylation is 1. The molecule has 0 spiro atoms. The van der Waals surface area contributed by atoms with E-state index in [9.17, 15) is 4.79 Å². The van der Waals surface area contributed by atoms with Gasteiger partial charge in [-0.1, -0.05) is 20.8 Å². The van der Waals surface area contributed by atoms with Crippen LogP contribution >= 0.6 is 11.3 Å². The first kappa shape index (κ1) is 19.6. The Labute approximate surface area is 171 Å². The zero-order valence-corrected chi connectivity index (χ0v) is 18.3. The van der Waals surface area contributed by atoms with E-state index in [1.807, 2.05) is 18.3 Å². The van der Waals surface area contributed by atoms with Gasteiger partial charge in [-0.2, -0.15) is 0 Å². The number of fused-ring (bicyclic) bond motifs is 3. The molecular formula is C22H31N3O2S. The van der Waals surface area contributed by atoms with Gasteiger partial charge in [0.25, 0.3) is 0 Å². The van der Waals surface area contributed by atoms with Crippen LogP contribution in [0.25, 0.3) is 10.2 Å². The van der Waals surface area contributed by atoms with E-state index in [1.165, 1.54) is 22.2 Å². The molecule has 28 heavy (non-hydrogen) atoms. The normalized spacial score (nSPS) is 22.5. The Morgan fingerprint density at radius 1 is 1.32 bits per heavy atom. The molecule has 2 aromatic rings. The summed E-state index contributed by atoms with van der Waals surface area (Å²) in [5, 5.41) is 1.25. The van der Waals surface area contributed by atoms with E-state index < -0.39 is 0 Å². The molecule has 2 aromatic heterocycles. The largest absolute Gasteiger partial charge is 0.466 e. The van der Waals surface area contributed by atoms with Crippen molar-refractivity contribution in [2.75, 3.05) is 24.6 Å². The highest BCUT2D eigenvalue weighted by Crippen LogP contribution is 2.42. The van der Waals surface area contributed by atoms with Crippen LogP contribution in [0.2, 0.25) is 0 Å². The van der Waals surface area contributed by atoms with E-state index in [0.717, 1.165) is 54.6 Å². The van der Waals surface area contributed by atoms with Crippen molar-refractivity contribution in [1.29, 1.82) is 0 Å². The first-order valence-corrected chi connectivity index (χ1v) is 11.5. The van der Waals surface area contributed by atoms with Crippen LogP contribution < -0.4 is 4.90 Å². The highest BCUT2D eigenvalue weighted by molar-refractivity contribution is 7.19. The first-order valence-electron chi connectivity index (χ1n) is 10.7. The Bertz CT molecular complexity index is 876. The summed E-state index contributed by atoms with van der Waals surface area (Å²) in [6.07, 6.45) is 5.39. The van der Waals surface area contributed by atoms with Gasteiger partial charge in [0.15, 0.2) is 0 Å². The summed E-state index contributed by atoms with van der Waals surface area (Å²) in [4.78, 5) is 27.3. The maximum atomic E-state index is 12.4. The molecule has 3 heterocycles. The third kappa shape index (κ3) is 3.63. The lowest BCUT2D eigenvalue weighted by Gasteiger charge is -2.33. The second-order valence-corrected chi connectivity index (χ2v) is 9.71. The van der Waals surface area contributed by atoms with Gasteiger partial charge in [-0.3, -0.25) is 4.79 Å². The van der Waals surface area contributed by atoms with E-state index in [2.05, 4.69) is 25.7 Å². The monoisotopic (exact) mass is 401 g/mol. The van der Waals surface area contributed by atoms with Crippen LogP contribution in [-0.2, 0) is 22.4 Å². The number of carbonyl (C=O) groups is 1. The zero-order chi connectivity index (χ0) is 19.8. The number of esters is 1. The third-order valence-corrected chi connectivity index (χ3v) is 7.16. The highest BCUT2D eigenvalue weighted by atomic mass is 32.1. The molecule has 0 aromatic carbocycles. The molecule has 1 aliphatic heterocycles. The van der Waals surface area contributed by atoms with Gasteiger partial charge in [0.05, 0.1) is 17.9 Å². The van der Waals surface area contributed by atoms with Gasteiger partial charge in [0.2, 0.25) is 0 Å². The van der Waals surface area contributed by atoms with E-state index in [0.29, 0.717) is 13.2 Å². The standard InChI is InChI=1S/C22H31N3O2S/c1-5-27-22(26)15-7-6-10-25(12-15)20-18-16-9-8-14(4)11-17(16)28-21(18)24-19(23-20)13(2)3/h13-15H,5-12H2,1-4H3/t14-,15-/m1/s1. The summed E-state index contributed by atoms with van der Waals surface area (Å²) >= 11 is 1.86. The van der Waals surface area contributed by atoms with Gasteiger partial charge in [-0.15, -0.1) is 11.3 Å². The number of thiophene rings is 1. The van der Waals surface area contributed by atoms with Gasteiger partial charge >= 0.3 is 5.97 Å². The van der Waals surface area contributed by atoms with Crippen LogP contribution in [0.5, 0.6) is 0 Å². The molecule has 2 aliphatic rings. The molecule has 152 valence electrons. The van der Waals surface area contributed by atoms with Gasteiger partial charge in [-0.25, -0.2) is 9.97 Å². The van der Waals surface area contributed by atoms with E-state index >= 15 is 0 Å². The fourth-order valence-electron chi connectivity index (χ4n) is 4.45. The van der Waals surface area contributed by atoms with E-state index in [4.69, 9.17) is 14.7 Å². The summed E-state index contributed by atoms with van der Waals surface area (Å²) in [5.41, 5.74) is 1.46. The molecule has 1 saturated heterocycles. The fourth-order valence-corrected chi connectivity index (χ4v) is 5.83. The maximum Gasteiger partial charge on any atom is 0.310 e. The Balaban J connectivity index is 1.77. The summed E-state index contributed by atoms with van der Waals surface area (Å²) in [6, 6.07) is 0. The number of rotatable bonds is 4. The molecule has 1 aliphatic carbocycles.